The molecule has 5 nitrogen and oxygen atoms in total. The highest BCUT2D eigenvalue weighted by molar-refractivity contribution is 9.10. The largest absolute Gasteiger partial charge is 0.331 e. The maximum absolute atomic E-state index is 12.6. The van der Waals surface area contributed by atoms with Gasteiger partial charge >= 0.3 is 0 Å². The van der Waals surface area contributed by atoms with Gasteiger partial charge < -0.3 is 10.2 Å². The van der Waals surface area contributed by atoms with Gasteiger partial charge in [-0.3, -0.25) is 9.89 Å². The normalized spacial score (nSPS) is 25.4. The van der Waals surface area contributed by atoms with Gasteiger partial charge in [0, 0.05) is 35.0 Å². The monoisotopic (exact) mass is 320 g/mol. The number of likely N-dealkylation sites (tertiary alicyclic amines) is 1. The fourth-order valence-electron chi connectivity index (χ4n) is 3.09. The van der Waals surface area contributed by atoms with Gasteiger partial charge in [-0.05, 0) is 24.6 Å². The van der Waals surface area contributed by atoms with Crippen molar-refractivity contribution in [3.8, 4) is 0 Å². The topological polar surface area (TPSA) is 61.0 Å². The molecule has 0 aliphatic carbocycles. The zero-order chi connectivity index (χ0) is 13.0. The number of rotatable bonds is 1. The molecule has 1 unspecified atom stereocenters. The molecule has 2 aromatic rings. The average molecular weight is 321 g/mol. The Balaban J connectivity index is 1.74. The molecule has 0 spiro atoms. The minimum atomic E-state index is 0.0401. The van der Waals surface area contributed by atoms with Gasteiger partial charge in [-0.25, -0.2) is 0 Å². The van der Waals surface area contributed by atoms with Crippen LogP contribution in [0.25, 0.3) is 10.9 Å². The van der Waals surface area contributed by atoms with E-state index in [2.05, 4.69) is 31.4 Å². The molecular weight excluding hydrogens is 308 g/mol. The van der Waals surface area contributed by atoms with E-state index in [-0.39, 0.29) is 5.91 Å². The summed E-state index contributed by atoms with van der Waals surface area (Å²) in [6.07, 6.45) is 1.07. The van der Waals surface area contributed by atoms with E-state index in [1.54, 1.807) is 0 Å². The first-order valence-electron chi connectivity index (χ1n) is 6.40. The van der Waals surface area contributed by atoms with Crippen molar-refractivity contribution in [3.63, 3.8) is 0 Å². The van der Waals surface area contributed by atoms with Gasteiger partial charge in [0.1, 0.15) is 0 Å². The smallest absolute Gasteiger partial charge is 0.275 e. The van der Waals surface area contributed by atoms with E-state index in [0.717, 1.165) is 34.9 Å². The number of H-pyrrole nitrogens is 1. The van der Waals surface area contributed by atoms with Crippen LogP contribution in [-0.4, -0.2) is 46.2 Å². The lowest BCUT2D eigenvalue weighted by Crippen LogP contribution is -2.46. The molecule has 2 atom stereocenters. The Hall–Kier alpha value is -1.40. The molecule has 1 amide bonds. The van der Waals surface area contributed by atoms with Crippen LogP contribution in [0.15, 0.2) is 22.7 Å². The maximum atomic E-state index is 12.6. The summed E-state index contributed by atoms with van der Waals surface area (Å²) in [5.41, 5.74) is 1.43. The predicted octanol–water partition coefficient (Wildman–Crippen LogP) is 1.51. The Bertz CT molecular complexity index is 668. The fraction of sp³-hybridized carbons (Fsp3) is 0.385. The third kappa shape index (κ3) is 1.70. The van der Waals surface area contributed by atoms with Crippen LogP contribution < -0.4 is 5.32 Å². The van der Waals surface area contributed by atoms with Crippen LogP contribution in [0.5, 0.6) is 0 Å². The number of hydrogen-bond donors (Lipinski definition) is 2. The van der Waals surface area contributed by atoms with Gasteiger partial charge in [0.2, 0.25) is 0 Å². The van der Waals surface area contributed by atoms with Crippen molar-refractivity contribution in [1.82, 2.24) is 20.4 Å². The highest BCUT2D eigenvalue weighted by atomic mass is 79.9. The van der Waals surface area contributed by atoms with Crippen LogP contribution in [0.3, 0.4) is 0 Å². The van der Waals surface area contributed by atoms with E-state index < -0.39 is 0 Å². The second-order valence-electron chi connectivity index (χ2n) is 5.21. The number of hydrogen-bond acceptors (Lipinski definition) is 3. The Morgan fingerprint density at radius 1 is 1.47 bits per heavy atom. The molecule has 2 fully saturated rings. The number of benzene rings is 1. The standard InChI is InChI=1S/C13H13BrN4O/c14-7-1-2-11-10(3-7)12(17-16-11)13(19)18-6-8-4-9(18)5-15-8/h1-3,8-9,15H,4-6H2,(H,16,17)/t8-,9?/m0/s1. The Morgan fingerprint density at radius 2 is 2.37 bits per heavy atom. The van der Waals surface area contributed by atoms with E-state index in [4.69, 9.17) is 0 Å². The predicted molar refractivity (Wildman–Crippen MR) is 75.0 cm³/mol. The molecule has 0 radical (unpaired) electrons. The Morgan fingerprint density at radius 3 is 3.11 bits per heavy atom. The summed E-state index contributed by atoms with van der Waals surface area (Å²) < 4.78 is 0.958. The molecule has 2 N–H and O–H groups in total. The van der Waals surface area contributed by atoms with Crippen molar-refractivity contribution >= 4 is 32.7 Å². The number of halogens is 1. The van der Waals surface area contributed by atoms with Crippen molar-refractivity contribution in [3.05, 3.63) is 28.4 Å². The van der Waals surface area contributed by atoms with Crippen molar-refractivity contribution in [1.29, 1.82) is 0 Å². The molecule has 1 aromatic heterocycles. The molecule has 4 rings (SSSR count). The number of nitrogens with zero attached hydrogens (tertiary/aromatic N) is 2. The highest BCUT2D eigenvalue weighted by Gasteiger charge is 2.41. The summed E-state index contributed by atoms with van der Waals surface area (Å²) >= 11 is 3.44. The zero-order valence-corrected chi connectivity index (χ0v) is 11.8. The van der Waals surface area contributed by atoms with Crippen LogP contribution in [0.1, 0.15) is 16.9 Å². The summed E-state index contributed by atoms with van der Waals surface area (Å²) in [5.74, 6) is 0.0401. The quantitative estimate of drug-likeness (QED) is 0.837. The lowest BCUT2D eigenvalue weighted by atomic mass is 10.2. The highest BCUT2D eigenvalue weighted by Crippen LogP contribution is 2.27. The van der Waals surface area contributed by atoms with Gasteiger partial charge in [0.25, 0.3) is 5.91 Å². The van der Waals surface area contributed by atoms with Crippen LogP contribution in [0, 0.1) is 0 Å². The van der Waals surface area contributed by atoms with Gasteiger partial charge in [0.05, 0.1) is 5.52 Å². The van der Waals surface area contributed by atoms with Crippen molar-refractivity contribution in [2.75, 3.05) is 13.1 Å². The van der Waals surface area contributed by atoms with Gasteiger partial charge in [-0.15, -0.1) is 0 Å². The third-order valence-electron chi connectivity index (χ3n) is 4.04. The number of aromatic amines is 1. The van der Waals surface area contributed by atoms with E-state index in [9.17, 15) is 4.79 Å². The first-order valence-corrected chi connectivity index (χ1v) is 7.19. The van der Waals surface area contributed by atoms with Crippen molar-refractivity contribution in [2.45, 2.75) is 18.5 Å². The first-order chi connectivity index (χ1) is 9.22. The number of carbonyl (C=O) groups excluding carboxylic acids is 1. The van der Waals surface area contributed by atoms with E-state index >= 15 is 0 Å². The summed E-state index contributed by atoms with van der Waals surface area (Å²) in [6, 6.07) is 6.61. The summed E-state index contributed by atoms with van der Waals surface area (Å²) in [6.45, 7) is 1.70. The molecule has 98 valence electrons. The van der Waals surface area contributed by atoms with Crippen molar-refractivity contribution in [2.24, 2.45) is 0 Å². The van der Waals surface area contributed by atoms with E-state index in [0.29, 0.717) is 17.8 Å². The zero-order valence-electron chi connectivity index (χ0n) is 10.2. The fourth-order valence-corrected chi connectivity index (χ4v) is 3.46. The van der Waals surface area contributed by atoms with E-state index in [1.165, 1.54) is 0 Å². The lowest BCUT2D eigenvalue weighted by molar-refractivity contribution is 0.0712. The Labute approximate surface area is 118 Å². The van der Waals surface area contributed by atoms with Gasteiger partial charge in [0.15, 0.2) is 5.69 Å². The summed E-state index contributed by atoms with van der Waals surface area (Å²) in [4.78, 5) is 14.6. The molecule has 3 heterocycles. The number of carbonyl (C=O) groups is 1. The first kappa shape index (κ1) is 11.4. The molecule has 2 bridgehead atoms. The van der Waals surface area contributed by atoms with Crippen molar-refractivity contribution < 1.29 is 4.79 Å². The third-order valence-corrected chi connectivity index (χ3v) is 4.54. The molecule has 2 aliphatic heterocycles. The molecule has 6 heteroatoms. The number of nitrogens with one attached hydrogen (secondary N) is 2. The molecule has 1 aromatic carbocycles. The number of aromatic nitrogens is 2. The second kappa shape index (κ2) is 4.05. The van der Waals surface area contributed by atoms with Crippen LogP contribution in [-0.2, 0) is 0 Å². The van der Waals surface area contributed by atoms with Crippen LogP contribution >= 0.6 is 15.9 Å². The molecule has 2 saturated heterocycles. The summed E-state index contributed by atoms with van der Waals surface area (Å²) in [7, 11) is 0. The molecule has 2 aliphatic rings. The lowest BCUT2D eigenvalue weighted by Gasteiger charge is -2.26. The van der Waals surface area contributed by atoms with E-state index in [1.807, 2.05) is 23.1 Å². The minimum absolute atomic E-state index is 0.0401. The van der Waals surface area contributed by atoms with Crippen LogP contribution in [0.4, 0.5) is 0 Å². The number of amides is 1. The number of piperazine rings is 1. The SMILES string of the molecule is O=C(c1n[nH]c2ccc(Br)cc12)N1C[C@@H]2CC1CN2. The maximum Gasteiger partial charge on any atom is 0.275 e. The number of fused-ring (bicyclic) bond motifs is 3. The molecule has 19 heavy (non-hydrogen) atoms. The molecule has 0 saturated carbocycles. The summed E-state index contributed by atoms with van der Waals surface area (Å²) in [5, 5.41) is 11.4. The minimum Gasteiger partial charge on any atom is -0.331 e. The Kier molecular flexibility index (Phi) is 2.43. The average Bonchev–Trinajstić information content (AvgIpc) is 3.11. The molecular formula is C13H13BrN4O. The van der Waals surface area contributed by atoms with Crippen LogP contribution in [0.2, 0.25) is 0 Å². The van der Waals surface area contributed by atoms with Gasteiger partial charge in [-0.1, -0.05) is 15.9 Å². The van der Waals surface area contributed by atoms with Gasteiger partial charge in [-0.2, -0.15) is 5.10 Å². The second-order valence-corrected chi connectivity index (χ2v) is 6.13.